The second kappa shape index (κ2) is 4.95. The van der Waals surface area contributed by atoms with Crippen LogP contribution in [-0.2, 0) is 6.54 Å². The van der Waals surface area contributed by atoms with Crippen LogP contribution >= 0.6 is 0 Å². The number of hydrogen-bond acceptors (Lipinski definition) is 2. The SMILES string of the molecule is Cc1ccc(F)c(NCc2cnccc2C)c1. The number of nitrogens with one attached hydrogen (secondary N) is 1. The summed E-state index contributed by atoms with van der Waals surface area (Å²) >= 11 is 0. The fraction of sp³-hybridized carbons (Fsp3) is 0.214. The van der Waals surface area contributed by atoms with Gasteiger partial charge in [-0.1, -0.05) is 6.07 Å². The molecular formula is C14H15FN2. The number of rotatable bonds is 3. The summed E-state index contributed by atoms with van der Waals surface area (Å²) in [5.74, 6) is -0.225. The van der Waals surface area contributed by atoms with E-state index in [-0.39, 0.29) is 5.82 Å². The Morgan fingerprint density at radius 3 is 2.82 bits per heavy atom. The summed E-state index contributed by atoms with van der Waals surface area (Å²) in [6.45, 7) is 4.55. The summed E-state index contributed by atoms with van der Waals surface area (Å²) in [7, 11) is 0. The number of aryl methyl sites for hydroxylation is 2. The molecular weight excluding hydrogens is 215 g/mol. The standard InChI is InChI=1S/C14H15FN2/c1-10-3-4-13(15)14(7-10)17-9-12-8-16-6-5-11(12)2/h3-8,17H,9H2,1-2H3. The van der Waals surface area contributed by atoms with Crippen molar-refractivity contribution < 1.29 is 4.39 Å². The Hall–Kier alpha value is -1.90. The molecule has 88 valence electrons. The number of hydrogen-bond donors (Lipinski definition) is 1. The smallest absolute Gasteiger partial charge is 0.146 e. The zero-order valence-corrected chi connectivity index (χ0v) is 10.00. The molecule has 0 aliphatic carbocycles. The Morgan fingerprint density at radius 1 is 1.24 bits per heavy atom. The first-order valence-corrected chi connectivity index (χ1v) is 5.56. The zero-order chi connectivity index (χ0) is 12.3. The average Bonchev–Trinajstić information content (AvgIpc) is 2.32. The number of benzene rings is 1. The van der Waals surface area contributed by atoms with Crippen molar-refractivity contribution in [3.8, 4) is 0 Å². The first-order chi connectivity index (χ1) is 8.16. The molecule has 0 fully saturated rings. The van der Waals surface area contributed by atoms with E-state index in [9.17, 15) is 4.39 Å². The Balaban J connectivity index is 2.12. The minimum Gasteiger partial charge on any atom is -0.379 e. The number of nitrogens with zero attached hydrogens (tertiary/aromatic N) is 1. The fourth-order valence-corrected chi connectivity index (χ4v) is 1.65. The van der Waals surface area contributed by atoms with Crippen molar-refractivity contribution in [3.05, 3.63) is 59.2 Å². The quantitative estimate of drug-likeness (QED) is 0.873. The van der Waals surface area contributed by atoms with E-state index >= 15 is 0 Å². The van der Waals surface area contributed by atoms with Crippen LogP contribution in [-0.4, -0.2) is 4.98 Å². The molecule has 0 bridgehead atoms. The van der Waals surface area contributed by atoms with Crippen LogP contribution in [0.25, 0.3) is 0 Å². The third kappa shape index (κ3) is 2.81. The van der Waals surface area contributed by atoms with Gasteiger partial charge in [0.15, 0.2) is 0 Å². The maximum Gasteiger partial charge on any atom is 0.146 e. The Kier molecular flexibility index (Phi) is 3.38. The van der Waals surface area contributed by atoms with Gasteiger partial charge in [-0.15, -0.1) is 0 Å². The van der Waals surface area contributed by atoms with Crippen LogP contribution in [0, 0.1) is 19.7 Å². The normalized spacial score (nSPS) is 10.3. The summed E-state index contributed by atoms with van der Waals surface area (Å²) in [6, 6.07) is 6.99. The monoisotopic (exact) mass is 230 g/mol. The number of aromatic nitrogens is 1. The Morgan fingerprint density at radius 2 is 2.06 bits per heavy atom. The van der Waals surface area contributed by atoms with E-state index in [1.165, 1.54) is 6.07 Å². The molecule has 0 spiro atoms. The summed E-state index contributed by atoms with van der Waals surface area (Å²) in [4.78, 5) is 4.06. The summed E-state index contributed by atoms with van der Waals surface area (Å²) in [6.07, 6.45) is 3.56. The average molecular weight is 230 g/mol. The van der Waals surface area contributed by atoms with Gasteiger partial charge in [0.05, 0.1) is 5.69 Å². The van der Waals surface area contributed by atoms with Gasteiger partial charge < -0.3 is 5.32 Å². The highest BCUT2D eigenvalue weighted by molar-refractivity contribution is 5.47. The van der Waals surface area contributed by atoms with Gasteiger partial charge in [0, 0.05) is 18.9 Å². The third-order valence-electron chi connectivity index (χ3n) is 2.74. The molecule has 0 saturated carbocycles. The van der Waals surface area contributed by atoms with Gasteiger partial charge in [0.2, 0.25) is 0 Å². The predicted octanol–water partition coefficient (Wildman–Crippen LogP) is 3.45. The van der Waals surface area contributed by atoms with E-state index < -0.39 is 0 Å². The van der Waals surface area contributed by atoms with Gasteiger partial charge in [0.25, 0.3) is 0 Å². The van der Waals surface area contributed by atoms with Gasteiger partial charge in [-0.3, -0.25) is 4.98 Å². The van der Waals surface area contributed by atoms with Crippen molar-refractivity contribution >= 4 is 5.69 Å². The van der Waals surface area contributed by atoms with Crippen LogP contribution in [0.3, 0.4) is 0 Å². The highest BCUT2D eigenvalue weighted by Gasteiger charge is 2.03. The Labute approximate surface area is 101 Å². The summed E-state index contributed by atoms with van der Waals surface area (Å²) in [5, 5.41) is 3.10. The molecule has 0 aliphatic heterocycles. The van der Waals surface area contributed by atoms with Crippen LogP contribution in [0.4, 0.5) is 10.1 Å². The van der Waals surface area contributed by atoms with E-state index in [1.54, 1.807) is 24.5 Å². The van der Waals surface area contributed by atoms with Gasteiger partial charge in [0.1, 0.15) is 5.82 Å². The molecule has 0 unspecified atom stereocenters. The van der Waals surface area contributed by atoms with E-state index in [4.69, 9.17) is 0 Å². The second-order valence-electron chi connectivity index (χ2n) is 4.14. The molecule has 0 amide bonds. The first kappa shape index (κ1) is 11.6. The van der Waals surface area contributed by atoms with Crippen molar-refractivity contribution in [1.29, 1.82) is 0 Å². The van der Waals surface area contributed by atoms with Crippen LogP contribution < -0.4 is 5.32 Å². The van der Waals surface area contributed by atoms with Crippen LogP contribution in [0.2, 0.25) is 0 Å². The fourth-order valence-electron chi connectivity index (χ4n) is 1.65. The summed E-state index contributed by atoms with van der Waals surface area (Å²) in [5.41, 5.74) is 3.80. The lowest BCUT2D eigenvalue weighted by Gasteiger charge is -2.10. The van der Waals surface area contributed by atoms with Gasteiger partial charge in [-0.2, -0.15) is 0 Å². The minimum atomic E-state index is -0.225. The molecule has 17 heavy (non-hydrogen) atoms. The highest BCUT2D eigenvalue weighted by Crippen LogP contribution is 2.17. The van der Waals surface area contributed by atoms with Crippen molar-refractivity contribution in [2.45, 2.75) is 20.4 Å². The third-order valence-corrected chi connectivity index (χ3v) is 2.74. The number of halogens is 1. The van der Waals surface area contributed by atoms with Crippen molar-refractivity contribution in [2.24, 2.45) is 0 Å². The van der Waals surface area contributed by atoms with Crippen molar-refractivity contribution in [1.82, 2.24) is 4.98 Å². The van der Waals surface area contributed by atoms with E-state index in [2.05, 4.69) is 10.3 Å². The minimum absolute atomic E-state index is 0.225. The van der Waals surface area contributed by atoms with E-state index in [0.29, 0.717) is 12.2 Å². The van der Waals surface area contributed by atoms with E-state index in [1.807, 2.05) is 19.9 Å². The molecule has 3 heteroatoms. The number of pyridine rings is 1. The lowest BCUT2D eigenvalue weighted by atomic mass is 10.1. The molecule has 2 nitrogen and oxygen atoms in total. The van der Waals surface area contributed by atoms with Gasteiger partial charge in [-0.05, 0) is 48.7 Å². The molecule has 2 rings (SSSR count). The van der Waals surface area contributed by atoms with Crippen LogP contribution in [0.1, 0.15) is 16.7 Å². The van der Waals surface area contributed by atoms with E-state index in [0.717, 1.165) is 16.7 Å². The van der Waals surface area contributed by atoms with Crippen molar-refractivity contribution in [2.75, 3.05) is 5.32 Å². The molecule has 2 aromatic rings. The molecule has 0 atom stereocenters. The summed E-state index contributed by atoms with van der Waals surface area (Å²) < 4.78 is 13.5. The molecule has 0 saturated heterocycles. The molecule has 1 aromatic heterocycles. The molecule has 1 aromatic carbocycles. The zero-order valence-electron chi connectivity index (χ0n) is 10.00. The topological polar surface area (TPSA) is 24.9 Å². The largest absolute Gasteiger partial charge is 0.379 e. The Bertz CT molecular complexity index is 523. The first-order valence-electron chi connectivity index (χ1n) is 5.56. The lowest BCUT2D eigenvalue weighted by molar-refractivity contribution is 0.629. The maximum atomic E-state index is 13.5. The van der Waals surface area contributed by atoms with Gasteiger partial charge in [-0.25, -0.2) is 4.39 Å². The van der Waals surface area contributed by atoms with Crippen molar-refractivity contribution in [3.63, 3.8) is 0 Å². The predicted molar refractivity (Wildman–Crippen MR) is 67.4 cm³/mol. The maximum absolute atomic E-state index is 13.5. The highest BCUT2D eigenvalue weighted by atomic mass is 19.1. The molecule has 1 heterocycles. The molecule has 1 N–H and O–H groups in total. The second-order valence-corrected chi connectivity index (χ2v) is 4.14. The number of anilines is 1. The van der Waals surface area contributed by atoms with Gasteiger partial charge >= 0.3 is 0 Å². The van der Waals surface area contributed by atoms with Crippen LogP contribution in [0.15, 0.2) is 36.7 Å². The molecule has 0 aliphatic rings. The molecule has 0 radical (unpaired) electrons. The van der Waals surface area contributed by atoms with Crippen LogP contribution in [0.5, 0.6) is 0 Å². The lowest BCUT2D eigenvalue weighted by Crippen LogP contribution is -2.03.